The number of carbonyl (C=O) groups is 2. The molecule has 0 fully saturated rings. The fourth-order valence-electron chi connectivity index (χ4n) is 2.83. The second kappa shape index (κ2) is 10.4. The molecule has 0 saturated heterocycles. The van der Waals surface area contributed by atoms with Crippen molar-refractivity contribution in [3.05, 3.63) is 41.5 Å². The number of ether oxygens (including phenoxy) is 3. The van der Waals surface area contributed by atoms with Crippen LogP contribution in [0.1, 0.15) is 30.9 Å². The van der Waals surface area contributed by atoms with E-state index in [2.05, 4.69) is 10.6 Å². The lowest BCUT2D eigenvalue weighted by atomic mass is 10.1. The second-order valence-corrected chi connectivity index (χ2v) is 6.51. The average Bonchev–Trinajstić information content (AvgIpc) is 2.73. The highest BCUT2D eigenvalue weighted by molar-refractivity contribution is 5.94. The number of hydrogen-bond donors (Lipinski definition) is 2. The number of amides is 2. The summed E-state index contributed by atoms with van der Waals surface area (Å²) in [5, 5.41) is 5.71. The molecule has 0 aliphatic carbocycles. The van der Waals surface area contributed by atoms with E-state index in [-0.39, 0.29) is 18.2 Å². The van der Waals surface area contributed by atoms with E-state index in [1.54, 1.807) is 34.3 Å². The third-order valence-electron chi connectivity index (χ3n) is 4.48. The average molecular weight is 400 g/mol. The van der Waals surface area contributed by atoms with Crippen molar-refractivity contribution in [2.24, 2.45) is 0 Å². The molecule has 0 spiro atoms. The van der Waals surface area contributed by atoms with E-state index in [1.807, 2.05) is 31.2 Å². The monoisotopic (exact) mass is 400 g/mol. The lowest BCUT2D eigenvalue weighted by Crippen LogP contribution is -2.14. The second-order valence-electron chi connectivity index (χ2n) is 6.51. The van der Waals surface area contributed by atoms with Crippen LogP contribution >= 0.6 is 0 Å². The smallest absolute Gasteiger partial charge is 0.224 e. The van der Waals surface area contributed by atoms with Crippen molar-refractivity contribution in [2.45, 2.75) is 33.1 Å². The highest BCUT2D eigenvalue weighted by Gasteiger charge is 2.14. The van der Waals surface area contributed by atoms with Crippen LogP contribution in [0.5, 0.6) is 17.2 Å². The minimum atomic E-state index is -0.124. The van der Waals surface area contributed by atoms with E-state index < -0.39 is 0 Å². The lowest BCUT2D eigenvalue weighted by Gasteiger charge is -2.14. The van der Waals surface area contributed by atoms with Crippen LogP contribution in [0, 0.1) is 6.92 Å². The maximum absolute atomic E-state index is 12.5. The molecule has 0 aliphatic heterocycles. The van der Waals surface area contributed by atoms with Crippen LogP contribution in [0.3, 0.4) is 0 Å². The zero-order chi connectivity index (χ0) is 21.4. The van der Waals surface area contributed by atoms with E-state index in [9.17, 15) is 9.59 Å². The maximum atomic E-state index is 12.5. The molecule has 0 unspecified atom stereocenters. The molecule has 156 valence electrons. The normalized spacial score (nSPS) is 10.2. The predicted octanol–water partition coefficient (Wildman–Crippen LogP) is 3.94. The molecule has 7 heteroatoms. The number of anilines is 2. The maximum Gasteiger partial charge on any atom is 0.224 e. The molecule has 0 radical (unpaired) electrons. The fraction of sp³-hybridized carbons (Fsp3) is 0.364. The third-order valence-corrected chi connectivity index (χ3v) is 4.48. The first-order chi connectivity index (χ1) is 13.9. The van der Waals surface area contributed by atoms with Gasteiger partial charge in [0.05, 0.1) is 21.3 Å². The van der Waals surface area contributed by atoms with Crippen molar-refractivity contribution >= 4 is 23.2 Å². The molecular formula is C22H28N2O5. The Kier molecular flexibility index (Phi) is 7.88. The first kappa shape index (κ1) is 22.1. The van der Waals surface area contributed by atoms with Gasteiger partial charge in [0.25, 0.3) is 0 Å². The molecule has 0 heterocycles. The Balaban J connectivity index is 2.07. The van der Waals surface area contributed by atoms with Crippen LogP contribution in [0.2, 0.25) is 0 Å². The standard InChI is InChI=1S/C22H28N2O5/c1-6-20(25)23-16-9-7-14(2)17(13-16)24-21(26)10-8-15-11-18(27-3)22(29-5)19(12-15)28-4/h7,9,11-13H,6,8,10H2,1-5H3,(H,23,25)(H,24,26). The molecule has 2 aromatic carbocycles. The lowest BCUT2D eigenvalue weighted by molar-refractivity contribution is -0.116. The Labute approximate surface area is 171 Å². The van der Waals surface area contributed by atoms with Crippen LogP contribution in [0.15, 0.2) is 30.3 Å². The summed E-state index contributed by atoms with van der Waals surface area (Å²) in [5.74, 6) is 1.43. The van der Waals surface area contributed by atoms with Gasteiger partial charge in [-0.25, -0.2) is 0 Å². The Morgan fingerprint density at radius 3 is 2.10 bits per heavy atom. The van der Waals surface area contributed by atoms with E-state index in [0.717, 1.165) is 11.1 Å². The first-order valence-electron chi connectivity index (χ1n) is 9.41. The topological polar surface area (TPSA) is 85.9 Å². The van der Waals surface area contributed by atoms with E-state index in [4.69, 9.17) is 14.2 Å². The predicted molar refractivity (Wildman–Crippen MR) is 113 cm³/mol. The molecule has 0 bridgehead atoms. The van der Waals surface area contributed by atoms with Gasteiger partial charge in [-0.05, 0) is 48.7 Å². The molecule has 0 aromatic heterocycles. The van der Waals surface area contributed by atoms with Crippen LogP contribution in [0.4, 0.5) is 11.4 Å². The molecule has 2 N–H and O–H groups in total. The van der Waals surface area contributed by atoms with Gasteiger partial charge < -0.3 is 24.8 Å². The zero-order valence-corrected chi connectivity index (χ0v) is 17.5. The first-order valence-corrected chi connectivity index (χ1v) is 9.41. The van der Waals surface area contributed by atoms with Gasteiger partial charge in [0.1, 0.15) is 0 Å². The van der Waals surface area contributed by atoms with Crippen molar-refractivity contribution in [3.63, 3.8) is 0 Å². The summed E-state index contributed by atoms with van der Waals surface area (Å²) >= 11 is 0. The number of methoxy groups -OCH3 is 3. The zero-order valence-electron chi connectivity index (χ0n) is 17.5. The summed E-state index contributed by atoms with van der Waals surface area (Å²) in [7, 11) is 4.66. The highest BCUT2D eigenvalue weighted by Crippen LogP contribution is 2.38. The molecule has 2 amide bonds. The van der Waals surface area contributed by atoms with Gasteiger partial charge in [0.15, 0.2) is 11.5 Å². The minimum absolute atomic E-state index is 0.0754. The molecule has 0 aliphatic rings. The summed E-state index contributed by atoms with van der Waals surface area (Å²) in [4.78, 5) is 24.1. The number of carbonyl (C=O) groups excluding carboxylic acids is 2. The molecule has 7 nitrogen and oxygen atoms in total. The largest absolute Gasteiger partial charge is 0.493 e. The molecule has 2 aromatic rings. The van der Waals surface area contributed by atoms with Crippen LogP contribution in [-0.2, 0) is 16.0 Å². The van der Waals surface area contributed by atoms with Gasteiger partial charge in [-0.2, -0.15) is 0 Å². The van der Waals surface area contributed by atoms with Gasteiger partial charge in [-0.15, -0.1) is 0 Å². The van der Waals surface area contributed by atoms with Crippen LogP contribution < -0.4 is 24.8 Å². The van der Waals surface area contributed by atoms with Crippen molar-refractivity contribution < 1.29 is 23.8 Å². The van der Waals surface area contributed by atoms with Crippen LogP contribution in [-0.4, -0.2) is 33.1 Å². The Morgan fingerprint density at radius 1 is 0.897 bits per heavy atom. The van der Waals surface area contributed by atoms with Gasteiger partial charge in [-0.1, -0.05) is 13.0 Å². The number of aryl methyl sites for hydroxylation is 2. The minimum Gasteiger partial charge on any atom is -0.493 e. The molecule has 0 atom stereocenters. The van der Waals surface area contributed by atoms with Crippen molar-refractivity contribution in [2.75, 3.05) is 32.0 Å². The highest BCUT2D eigenvalue weighted by atomic mass is 16.5. The summed E-state index contributed by atoms with van der Waals surface area (Å²) in [6.07, 6.45) is 1.18. The number of rotatable bonds is 9. The fourth-order valence-corrected chi connectivity index (χ4v) is 2.83. The van der Waals surface area contributed by atoms with Gasteiger partial charge in [-0.3, -0.25) is 9.59 Å². The third kappa shape index (κ3) is 5.88. The Hall–Kier alpha value is -3.22. The number of nitrogens with one attached hydrogen (secondary N) is 2. The van der Waals surface area contributed by atoms with Crippen molar-refractivity contribution in [1.29, 1.82) is 0 Å². The number of hydrogen-bond acceptors (Lipinski definition) is 5. The van der Waals surface area contributed by atoms with E-state index >= 15 is 0 Å². The van der Waals surface area contributed by atoms with Crippen molar-refractivity contribution in [1.82, 2.24) is 0 Å². The quantitative estimate of drug-likeness (QED) is 0.666. The van der Waals surface area contributed by atoms with Crippen LogP contribution in [0.25, 0.3) is 0 Å². The van der Waals surface area contributed by atoms with Gasteiger partial charge in [0, 0.05) is 24.2 Å². The van der Waals surface area contributed by atoms with Gasteiger partial charge in [0.2, 0.25) is 17.6 Å². The number of benzene rings is 2. The van der Waals surface area contributed by atoms with Gasteiger partial charge >= 0.3 is 0 Å². The summed E-state index contributed by atoms with van der Waals surface area (Å²) < 4.78 is 16.0. The Bertz CT molecular complexity index is 854. The molecular weight excluding hydrogens is 372 g/mol. The van der Waals surface area contributed by atoms with Crippen molar-refractivity contribution in [3.8, 4) is 17.2 Å². The van der Waals surface area contributed by atoms with E-state index in [1.165, 1.54) is 0 Å². The summed E-state index contributed by atoms with van der Waals surface area (Å²) in [6, 6.07) is 9.11. The summed E-state index contributed by atoms with van der Waals surface area (Å²) in [5.41, 5.74) is 3.15. The molecule has 0 saturated carbocycles. The molecule has 29 heavy (non-hydrogen) atoms. The SMILES string of the molecule is CCC(=O)Nc1ccc(C)c(NC(=O)CCc2cc(OC)c(OC)c(OC)c2)c1. The summed E-state index contributed by atoms with van der Waals surface area (Å²) in [6.45, 7) is 3.69. The van der Waals surface area contributed by atoms with E-state index in [0.29, 0.717) is 41.5 Å². The Morgan fingerprint density at radius 2 is 1.55 bits per heavy atom. The molecule has 2 rings (SSSR count).